The topological polar surface area (TPSA) is 26.3 Å². The average Bonchev–Trinajstić information content (AvgIpc) is 2.04. The number of hydrogen-bond donors (Lipinski definition) is 0. The van der Waals surface area contributed by atoms with E-state index in [2.05, 4.69) is 13.8 Å². The van der Waals surface area contributed by atoms with E-state index in [4.69, 9.17) is 4.74 Å². The maximum atomic E-state index is 11.0. The van der Waals surface area contributed by atoms with Crippen LogP contribution in [0.5, 0.6) is 0 Å². The Balaban J connectivity index is 2.29. The molecule has 13 heavy (non-hydrogen) atoms. The quantitative estimate of drug-likeness (QED) is 0.668. The highest BCUT2D eigenvalue weighted by Gasteiger charge is 2.18. The van der Waals surface area contributed by atoms with E-state index in [0.29, 0.717) is 12.3 Å². The van der Waals surface area contributed by atoms with Gasteiger partial charge in [-0.25, -0.2) is 0 Å². The monoisotopic (exact) mass is 182 g/mol. The van der Waals surface area contributed by atoms with Gasteiger partial charge in [-0.1, -0.05) is 26.7 Å². The summed E-state index contributed by atoms with van der Waals surface area (Å²) >= 11 is 0. The molecule has 2 heteroatoms. The van der Waals surface area contributed by atoms with Crippen molar-refractivity contribution in [2.75, 3.05) is 0 Å². The molecule has 0 amide bonds. The van der Waals surface area contributed by atoms with Crippen LogP contribution in [0.4, 0.5) is 0 Å². The number of ether oxygens (including phenoxy) is 1. The van der Waals surface area contributed by atoms with Gasteiger partial charge in [-0.3, -0.25) is 4.79 Å². The molecular weight excluding hydrogens is 164 g/mol. The van der Waals surface area contributed by atoms with Crippen LogP contribution < -0.4 is 0 Å². The molecule has 74 valence electrons. The van der Waals surface area contributed by atoms with Gasteiger partial charge in [-0.15, -0.1) is 0 Å². The van der Waals surface area contributed by atoms with E-state index in [9.17, 15) is 4.79 Å². The Hall–Kier alpha value is -0.790. The molecule has 2 atom stereocenters. The van der Waals surface area contributed by atoms with Crippen LogP contribution in [0.25, 0.3) is 0 Å². The van der Waals surface area contributed by atoms with E-state index in [-0.39, 0.29) is 11.9 Å². The number of carbonyl (C=O) groups is 1. The Labute approximate surface area is 80.0 Å². The van der Waals surface area contributed by atoms with Crippen molar-refractivity contribution < 1.29 is 9.53 Å². The fraction of sp³-hybridized carbons (Fsp3) is 0.727. The zero-order valence-corrected chi connectivity index (χ0v) is 8.45. The molecule has 0 fully saturated rings. The molecule has 0 radical (unpaired) electrons. The Bertz CT molecular complexity index is 196. The van der Waals surface area contributed by atoms with Gasteiger partial charge < -0.3 is 4.74 Å². The Morgan fingerprint density at radius 1 is 1.69 bits per heavy atom. The zero-order chi connectivity index (χ0) is 9.68. The number of allylic oxidation sites excluding steroid dienone is 1. The second kappa shape index (κ2) is 5.05. The fourth-order valence-electron chi connectivity index (χ4n) is 1.77. The summed E-state index contributed by atoms with van der Waals surface area (Å²) in [6, 6.07) is 0. The third-order valence-electron chi connectivity index (χ3n) is 2.40. The molecule has 0 saturated heterocycles. The van der Waals surface area contributed by atoms with Crippen molar-refractivity contribution in [3.63, 3.8) is 0 Å². The maximum absolute atomic E-state index is 11.0. The predicted octanol–water partition coefficient (Wildman–Crippen LogP) is 2.68. The van der Waals surface area contributed by atoms with Crippen molar-refractivity contribution in [1.82, 2.24) is 0 Å². The highest BCUT2D eigenvalue weighted by molar-refractivity contribution is 5.90. The first-order valence-corrected chi connectivity index (χ1v) is 5.07. The lowest BCUT2D eigenvalue weighted by atomic mass is 9.95. The van der Waals surface area contributed by atoms with Crippen LogP contribution >= 0.6 is 0 Å². The van der Waals surface area contributed by atoms with E-state index in [1.54, 1.807) is 0 Å². The van der Waals surface area contributed by atoms with Gasteiger partial charge in [0.1, 0.15) is 6.10 Å². The van der Waals surface area contributed by atoms with Gasteiger partial charge in [0.05, 0.1) is 6.26 Å². The normalized spacial score (nSPS) is 24.2. The summed E-state index contributed by atoms with van der Waals surface area (Å²) in [5, 5.41) is 0. The lowest BCUT2D eigenvalue weighted by Gasteiger charge is -2.21. The highest BCUT2D eigenvalue weighted by atomic mass is 16.5. The molecule has 1 aliphatic heterocycles. The van der Waals surface area contributed by atoms with Crippen LogP contribution in [0.2, 0.25) is 0 Å². The summed E-state index contributed by atoms with van der Waals surface area (Å²) in [6.45, 7) is 4.40. The van der Waals surface area contributed by atoms with Crippen LogP contribution in [0.15, 0.2) is 12.3 Å². The molecule has 0 spiro atoms. The standard InChI is InChI=1S/C11H18O2/c1-3-4-9(2)7-11-8-10(12)5-6-13-11/h5-6,9,11H,3-4,7-8H2,1-2H3. The second-order valence-electron chi connectivity index (χ2n) is 3.86. The molecule has 0 N–H and O–H groups in total. The first-order valence-electron chi connectivity index (χ1n) is 5.07. The predicted molar refractivity (Wildman–Crippen MR) is 52.3 cm³/mol. The molecule has 2 unspecified atom stereocenters. The van der Waals surface area contributed by atoms with Crippen LogP contribution in [0.3, 0.4) is 0 Å². The summed E-state index contributed by atoms with van der Waals surface area (Å²) in [7, 11) is 0. The Kier molecular flexibility index (Phi) is 4.00. The first kappa shape index (κ1) is 10.3. The van der Waals surface area contributed by atoms with Crippen molar-refractivity contribution in [2.45, 2.75) is 45.6 Å². The maximum Gasteiger partial charge on any atom is 0.162 e. The molecular formula is C11H18O2. The van der Waals surface area contributed by atoms with Gasteiger partial charge in [-0.2, -0.15) is 0 Å². The minimum Gasteiger partial charge on any atom is -0.497 e. The van der Waals surface area contributed by atoms with Crippen molar-refractivity contribution in [3.8, 4) is 0 Å². The first-order chi connectivity index (χ1) is 6.22. The van der Waals surface area contributed by atoms with Gasteiger partial charge in [0.2, 0.25) is 0 Å². The third kappa shape index (κ3) is 3.62. The molecule has 0 saturated carbocycles. The summed E-state index contributed by atoms with van der Waals surface area (Å²) < 4.78 is 5.36. The lowest BCUT2D eigenvalue weighted by molar-refractivity contribution is -0.118. The number of carbonyl (C=O) groups excluding carboxylic acids is 1. The van der Waals surface area contributed by atoms with Gasteiger partial charge in [0, 0.05) is 12.5 Å². The van der Waals surface area contributed by atoms with Crippen LogP contribution in [-0.2, 0) is 9.53 Å². The van der Waals surface area contributed by atoms with Crippen molar-refractivity contribution >= 4 is 5.78 Å². The molecule has 0 aromatic heterocycles. The number of hydrogen-bond acceptors (Lipinski definition) is 2. The molecule has 1 rings (SSSR count). The molecule has 1 heterocycles. The van der Waals surface area contributed by atoms with E-state index in [1.165, 1.54) is 25.2 Å². The molecule has 2 nitrogen and oxygen atoms in total. The molecule has 0 aromatic carbocycles. The third-order valence-corrected chi connectivity index (χ3v) is 2.40. The largest absolute Gasteiger partial charge is 0.497 e. The summed E-state index contributed by atoms with van der Waals surface area (Å²) in [4.78, 5) is 11.0. The van der Waals surface area contributed by atoms with Crippen molar-refractivity contribution in [2.24, 2.45) is 5.92 Å². The minimum absolute atomic E-state index is 0.124. The van der Waals surface area contributed by atoms with Crippen LogP contribution in [0.1, 0.15) is 39.5 Å². The Morgan fingerprint density at radius 3 is 3.08 bits per heavy atom. The summed E-state index contributed by atoms with van der Waals surface area (Å²) in [5.74, 6) is 0.856. The number of ketones is 1. The second-order valence-corrected chi connectivity index (χ2v) is 3.86. The summed E-state index contributed by atoms with van der Waals surface area (Å²) in [5.41, 5.74) is 0. The molecule has 0 aromatic rings. The molecule has 1 aliphatic rings. The lowest BCUT2D eigenvalue weighted by Crippen LogP contribution is -2.21. The van der Waals surface area contributed by atoms with Crippen LogP contribution in [-0.4, -0.2) is 11.9 Å². The van der Waals surface area contributed by atoms with Crippen molar-refractivity contribution in [3.05, 3.63) is 12.3 Å². The molecule has 0 bridgehead atoms. The smallest absolute Gasteiger partial charge is 0.162 e. The number of rotatable bonds is 4. The average molecular weight is 182 g/mol. The van der Waals surface area contributed by atoms with Crippen molar-refractivity contribution in [1.29, 1.82) is 0 Å². The van der Waals surface area contributed by atoms with Crippen LogP contribution in [0, 0.1) is 5.92 Å². The van der Waals surface area contributed by atoms with Gasteiger partial charge in [0.25, 0.3) is 0 Å². The SMILES string of the molecule is CCCC(C)CC1CC(=O)C=CO1. The fourth-order valence-corrected chi connectivity index (χ4v) is 1.77. The van der Waals surface area contributed by atoms with Gasteiger partial charge in [0.15, 0.2) is 5.78 Å². The zero-order valence-electron chi connectivity index (χ0n) is 8.45. The van der Waals surface area contributed by atoms with Gasteiger partial charge >= 0.3 is 0 Å². The minimum atomic E-state index is 0.124. The van der Waals surface area contributed by atoms with E-state index < -0.39 is 0 Å². The van der Waals surface area contributed by atoms with E-state index >= 15 is 0 Å². The van der Waals surface area contributed by atoms with E-state index in [1.807, 2.05) is 0 Å². The van der Waals surface area contributed by atoms with Gasteiger partial charge in [-0.05, 0) is 12.3 Å². The van der Waals surface area contributed by atoms with E-state index in [0.717, 1.165) is 6.42 Å². The Morgan fingerprint density at radius 2 is 2.46 bits per heavy atom. The molecule has 0 aliphatic carbocycles. The highest BCUT2D eigenvalue weighted by Crippen LogP contribution is 2.19. The summed E-state index contributed by atoms with van der Waals surface area (Å²) in [6.07, 6.45) is 7.17.